The Morgan fingerprint density at radius 1 is 1.19 bits per heavy atom. The maximum Gasteiger partial charge on any atom is 0.416 e. The minimum atomic E-state index is -4.59. The average Bonchev–Trinajstić information content (AvgIpc) is 2.60. The SMILES string of the molecule is CNc1nc(=O)n(-c2ccccc2C)c2cc(C(F)(F)F)cc(OC)c12. The first kappa shape index (κ1) is 17.8. The molecule has 2 aromatic carbocycles. The van der Waals surface area contributed by atoms with Gasteiger partial charge in [-0.05, 0) is 30.7 Å². The third-order valence-electron chi connectivity index (χ3n) is 4.10. The highest BCUT2D eigenvalue weighted by Crippen LogP contribution is 2.38. The van der Waals surface area contributed by atoms with Crippen molar-refractivity contribution in [3.63, 3.8) is 0 Å². The maximum absolute atomic E-state index is 13.4. The Morgan fingerprint density at radius 3 is 2.46 bits per heavy atom. The van der Waals surface area contributed by atoms with Crippen LogP contribution in [0.15, 0.2) is 41.2 Å². The first-order valence-corrected chi connectivity index (χ1v) is 7.73. The summed E-state index contributed by atoms with van der Waals surface area (Å²) in [5.74, 6) is 0.134. The molecule has 0 aliphatic rings. The van der Waals surface area contributed by atoms with E-state index in [1.54, 1.807) is 31.2 Å². The number of alkyl halides is 3. The van der Waals surface area contributed by atoms with Crippen LogP contribution in [-0.2, 0) is 6.18 Å². The number of halogens is 3. The van der Waals surface area contributed by atoms with Gasteiger partial charge in [0.05, 0.1) is 29.3 Å². The highest BCUT2D eigenvalue weighted by atomic mass is 19.4. The Labute approximate surface area is 147 Å². The van der Waals surface area contributed by atoms with Gasteiger partial charge in [-0.15, -0.1) is 0 Å². The number of aryl methyl sites for hydroxylation is 1. The minimum Gasteiger partial charge on any atom is -0.496 e. The molecule has 0 aliphatic heterocycles. The molecule has 0 saturated carbocycles. The Kier molecular flexibility index (Phi) is 4.35. The van der Waals surface area contributed by atoms with Crippen molar-refractivity contribution in [2.75, 3.05) is 19.5 Å². The van der Waals surface area contributed by atoms with Crippen molar-refractivity contribution in [2.24, 2.45) is 0 Å². The second kappa shape index (κ2) is 6.36. The van der Waals surface area contributed by atoms with Crippen LogP contribution < -0.4 is 15.7 Å². The summed E-state index contributed by atoms with van der Waals surface area (Å²) >= 11 is 0. The van der Waals surface area contributed by atoms with Gasteiger partial charge in [-0.3, -0.25) is 4.57 Å². The van der Waals surface area contributed by atoms with Gasteiger partial charge in [0.25, 0.3) is 0 Å². The second-order valence-electron chi connectivity index (χ2n) is 5.69. The number of anilines is 1. The van der Waals surface area contributed by atoms with Crippen molar-refractivity contribution in [2.45, 2.75) is 13.1 Å². The van der Waals surface area contributed by atoms with Gasteiger partial charge in [0, 0.05) is 7.05 Å². The van der Waals surface area contributed by atoms with E-state index in [0.29, 0.717) is 11.1 Å². The lowest BCUT2D eigenvalue weighted by Crippen LogP contribution is -2.24. The van der Waals surface area contributed by atoms with E-state index >= 15 is 0 Å². The molecule has 136 valence electrons. The summed E-state index contributed by atoms with van der Waals surface area (Å²) in [7, 11) is 2.81. The zero-order valence-electron chi connectivity index (χ0n) is 14.3. The molecule has 0 amide bonds. The monoisotopic (exact) mass is 363 g/mol. The van der Waals surface area contributed by atoms with Gasteiger partial charge in [0.2, 0.25) is 0 Å². The molecule has 1 heterocycles. The largest absolute Gasteiger partial charge is 0.496 e. The highest BCUT2D eigenvalue weighted by Gasteiger charge is 2.33. The van der Waals surface area contributed by atoms with E-state index in [1.165, 1.54) is 18.7 Å². The maximum atomic E-state index is 13.4. The molecule has 3 rings (SSSR count). The van der Waals surface area contributed by atoms with E-state index in [0.717, 1.165) is 17.7 Å². The van der Waals surface area contributed by atoms with Crippen molar-refractivity contribution in [3.05, 3.63) is 58.0 Å². The number of ether oxygens (including phenoxy) is 1. The number of nitrogens with one attached hydrogen (secondary N) is 1. The van der Waals surface area contributed by atoms with E-state index in [9.17, 15) is 18.0 Å². The van der Waals surface area contributed by atoms with Gasteiger partial charge in [-0.25, -0.2) is 4.79 Å². The molecule has 5 nitrogen and oxygen atoms in total. The predicted octanol–water partition coefficient (Wildman–Crippen LogP) is 3.76. The van der Waals surface area contributed by atoms with Gasteiger partial charge in [-0.2, -0.15) is 18.2 Å². The molecular formula is C18H16F3N3O2. The molecule has 0 atom stereocenters. The third-order valence-corrected chi connectivity index (χ3v) is 4.10. The molecule has 0 radical (unpaired) electrons. The number of aromatic nitrogens is 2. The lowest BCUT2D eigenvalue weighted by Gasteiger charge is -2.18. The quantitative estimate of drug-likeness (QED) is 0.770. The van der Waals surface area contributed by atoms with Crippen LogP contribution in [0.2, 0.25) is 0 Å². The molecule has 8 heteroatoms. The number of hydrogen-bond donors (Lipinski definition) is 1. The normalized spacial score (nSPS) is 11.6. The Balaban J connectivity index is 2.55. The lowest BCUT2D eigenvalue weighted by atomic mass is 10.1. The van der Waals surface area contributed by atoms with Crippen molar-refractivity contribution in [3.8, 4) is 11.4 Å². The summed E-state index contributed by atoms with van der Waals surface area (Å²) in [6.07, 6.45) is -4.59. The summed E-state index contributed by atoms with van der Waals surface area (Å²) in [4.78, 5) is 16.6. The zero-order chi connectivity index (χ0) is 19.1. The topological polar surface area (TPSA) is 56.2 Å². The molecule has 0 unspecified atom stereocenters. The molecule has 1 N–H and O–H groups in total. The van der Waals surface area contributed by atoms with E-state index in [1.807, 2.05) is 0 Å². The van der Waals surface area contributed by atoms with Gasteiger partial charge in [0.15, 0.2) is 0 Å². The van der Waals surface area contributed by atoms with Gasteiger partial charge in [0.1, 0.15) is 11.6 Å². The third kappa shape index (κ3) is 2.87. The molecule has 0 saturated heterocycles. The molecule has 26 heavy (non-hydrogen) atoms. The minimum absolute atomic E-state index is 0.0194. The summed E-state index contributed by atoms with van der Waals surface area (Å²) < 4.78 is 46.4. The molecule has 3 aromatic rings. The van der Waals surface area contributed by atoms with Crippen molar-refractivity contribution >= 4 is 16.7 Å². The Bertz CT molecular complexity index is 1040. The first-order chi connectivity index (χ1) is 12.3. The van der Waals surface area contributed by atoms with Crippen LogP contribution in [0.4, 0.5) is 19.0 Å². The fraction of sp³-hybridized carbons (Fsp3) is 0.222. The number of benzene rings is 2. The fourth-order valence-electron chi connectivity index (χ4n) is 2.87. The number of fused-ring (bicyclic) bond motifs is 1. The Hall–Kier alpha value is -3.03. The Morgan fingerprint density at radius 2 is 1.88 bits per heavy atom. The van der Waals surface area contributed by atoms with Crippen LogP contribution in [0, 0.1) is 6.92 Å². The van der Waals surface area contributed by atoms with Crippen LogP contribution in [0.1, 0.15) is 11.1 Å². The smallest absolute Gasteiger partial charge is 0.416 e. The zero-order valence-corrected chi connectivity index (χ0v) is 14.3. The van der Waals surface area contributed by atoms with Crippen LogP contribution in [-0.4, -0.2) is 23.7 Å². The first-order valence-electron chi connectivity index (χ1n) is 7.73. The van der Waals surface area contributed by atoms with Gasteiger partial charge < -0.3 is 10.1 Å². The van der Waals surface area contributed by atoms with Crippen LogP contribution in [0.25, 0.3) is 16.6 Å². The molecule has 0 bridgehead atoms. The molecular weight excluding hydrogens is 347 g/mol. The summed E-state index contributed by atoms with van der Waals surface area (Å²) in [5.41, 5.74) is -0.338. The standard InChI is InChI=1S/C18H16F3N3O2/c1-10-6-4-5-7-12(10)24-13-8-11(18(19,20)21)9-14(26-3)15(13)16(22-2)23-17(24)25/h4-9H,1-3H3,(H,22,23,25). The number of rotatable bonds is 3. The summed E-state index contributed by atoms with van der Waals surface area (Å²) in [5, 5.41) is 3.05. The highest BCUT2D eigenvalue weighted by molar-refractivity contribution is 5.96. The van der Waals surface area contributed by atoms with E-state index < -0.39 is 17.4 Å². The fourth-order valence-corrected chi connectivity index (χ4v) is 2.87. The summed E-state index contributed by atoms with van der Waals surface area (Å²) in [6, 6.07) is 8.75. The van der Waals surface area contributed by atoms with Gasteiger partial charge >= 0.3 is 11.9 Å². The van der Waals surface area contributed by atoms with Crippen LogP contribution >= 0.6 is 0 Å². The van der Waals surface area contributed by atoms with Crippen molar-refractivity contribution in [1.82, 2.24) is 9.55 Å². The van der Waals surface area contributed by atoms with Gasteiger partial charge in [-0.1, -0.05) is 18.2 Å². The van der Waals surface area contributed by atoms with E-state index in [2.05, 4.69) is 10.3 Å². The van der Waals surface area contributed by atoms with E-state index in [4.69, 9.17) is 4.74 Å². The number of para-hydroxylation sites is 1. The van der Waals surface area contributed by atoms with E-state index in [-0.39, 0.29) is 17.1 Å². The molecule has 1 aromatic heterocycles. The summed E-state index contributed by atoms with van der Waals surface area (Å²) in [6.45, 7) is 1.77. The molecule has 0 fully saturated rings. The number of hydrogen-bond acceptors (Lipinski definition) is 4. The second-order valence-corrected chi connectivity index (χ2v) is 5.69. The number of methoxy groups -OCH3 is 1. The average molecular weight is 363 g/mol. The van der Waals surface area contributed by atoms with Crippen LogP contribution in [0.5, 0.6) is 5.75 Å². The lowest BCUT2D eigenvalue weighted by molar-refractivity contribution is -0.137. The van der Waals surface area contributed by atoms with Crippen LogP contribution in [0.3, 0.4) is 0 Å². The predicted molar refractivity (Wildman–Crippen MR) is 93.2 cm³/mol. The van der Waals surface area contributed by atoms with Crippen molar-refractivity contribution < 1.29 is 17.9 Å². The molecule has 0 aliphatic carbocycles. The number of nitrogens with zero attached hydrogens (tertiary/aromatic N) is 2. The molecule has 0 spiro atoms. The van der Waals surface area contributed by atoms with Crippen molar-refractivity contribution in [1.29, 1.82) is 0 Å².